The normalized spacial score (nSPS) is 18.9. The van der Waals surface area contributed by atoms with E-state index >= 15 is 0 Å². The molecular weight excluding hydrogens is 434 g/mol. The summed E-state index contributed by atoms with van der Waals surface area (Å²) in [6.45, 7) is 6.04. The van der Waals surface area contributed by atoms with E-state index in [1.807, 2.05) is 60.2 Å². The summed E-state index contributed by atoms with van der Waals surface area (Å²) in [4.78, 5) is 6.22. The highest BCUT2D eigenvalue weighted by molar-refractivity contribution is 5.43. The molecule has 1 aliphatic rings. The van der Waals surface area contributed by atoms with E-state index in [0.29, 0.717) is 44.3 Å². The highest BCUT2D eigenvalue weighted by Crippen LogP contribution is 2.29. The Labute approximate surface area is 200 Å². The Morgan fingerprint density at radius 1 is 1.12 bits per heavy atom. The minimum Gasteiger partial charge on any atom is -0.493 e. The van der Waals surface area contributed by atoms with E-state index in [-0.39, 0.29) is 13.2 Å². The van der Waals surface area contributed by atoms with Crippen LogP contribution in [0.5, 0.6) is 17.2 Å². The van der Waals surface area contributed by atoms with Gasteiger partial charge in [-0.15, -0.1) is 0 Å². The fraction of sp³-hybridized carbons (Fsp3) is 0.423. The Morgan fingerprint density at radius 3 is 2.74 bits per heavy atom. The predicted octanol–water partition coefficient (Wildman–Crippen LogP) is 2.92. The van der Waals surface area contributed by atoms with Crippen LogP contribution in [-0.2, 0) is 17.8 Å². The van der Waals surface area contributed by atoms with Crippen LogP contribution in [-0.4, -0.2) is 71.8 Å². The van der Waals surface area contributed by atoms with Crippen molar-refractivity contribution in [3.05, 3.63) is 72.3 Å². The summed E-state index contributed by atoms with van der Waals surface area (Å²) in [7, 11) is 1.64. The van der Waals surface area contributed by atoms with Crippen LogP contribution in [0, 0.1) is 6.92 Å². The Balaban J connectivity index is 1.34. The summed E-state index contributed by atoms with van der Waals surface area (Å²) < 4.78 is 25.0. The van der Waals surface area contributed by atoms with Crippen LogP contribution >= 0.6 is 0 Å². The van der Waals surface area contributed by atoms with Gasteiger partial charge in [0.15, 0.2) is 11.5 Å². The van der Waals surface area contributed by atoms with E-state index in [1.165, 1.54) is 5.56 Å². The number of hydrogen-bond acceptors (Lipinski definition) is 7. The van der Waals surface area contributed by atoms with Crippen molar-refractivity contribution in [1.29, 1.82) is 0 Å². The molecule has 2 aromatic carbocycles. The van der Waals surface area contributed by atoms with Crippen molar-refractivity contribution in [2.24, 2.45) is 0 Å². The van der Waals surface area contributed by atoms with E-state index < -0.39 is 5.60 Å². The molecule has 8 nitrogen and oxygen atoms in total. The molecule has 0 amide bonds. The van der Waals surface area contributed by atoms with Crippen molar-refractivity contribution in [3.63, 3.8) is 0 Å². The van der Waals surface area contributed by atoms with Gasteiger partial charge >= 0.3 is 0 Å². The van der Waals surface area contributed by atoms with Crippen molar-refractivity contribution in [2.75, 3.05) is 46.6 Å². The summed E-state index contributed by atoms with van der Waals surface area (Å²) in [5.74, 6) is 2.13. The molecule has 0 radical (unpaired) electrons. The Bertz CT molecular complexity index is 1030. The van der Waals surface area contributed by atoms with E-state index in [9.17, 15) is 5.11 Å². The van der Waals surface area contributed by atoms with Crippen LogP contribution in [0.2, 0.25) is 0 Å². The molecule has 0 aliphatic carbocycles. The minimum absolute atomic E-state index is 0.166. The van der Waals surface area contributed by atoms with Gasteiger partial charge in [-0.05, 0) is 36.8 Å². The maximum atomic E-state index is 11.2. The zero-order valence-electron chi connectivity index (χ0n) is 19.9. The van der Waals surface area contributed by atoms with Crippen LogP contribution in [0.4, 0.5) is 0 Å². The monoisotopic (exact) mass is 467 g/mol. The minimum atomic E-state index is -1.10. The molecule has 1 atom stereocenters. The van der Waals surface area contributed by atoms with Crippen molar-refractivity contribution in [2.45, 2.75) is 25.6 Å². The number of benzene rings is 2. The van der Waals surface area contributed by atoms with Crippen molar-refractivity contribution in [1.82, 2.24) is 14.5 Å². The average molecular weight is 468 g/mol. The van der Waals surface area contributed by atoms with Gasteiger partial charge in [-0.2, -0.15) is 0 Å². The van der Waals surface area contributed by atoms with Crippen molar-refractivity contribution in [3.8, 4) is 17.2 Å². The Kier molecular flexibility index (Phi) is 8.05. The molecule has 0 saturated carbocycles. The van der Waals surface area contributed by atoms with Gasteiger partial charge in [0.05, 0.1) is 33.2 Å². The highest BCUT2D eigenvalue weighted by atomic mass is 16.5. The molecule has 4 rings (SSSR count). The summed E-state index contributed by atoms with van der Waals surface area (Å²) in [5.41, 5.74) is 1.14. The number of aryl methyl sites for hydroxylation is 1. The third kappa shape index (κ3) is 6.72. The second kappa shape index (κ2) is 11.4. The molecule has 1 saturated heterocycles. The number of ether oxygens (including phenoxy) is 4. The van der Waals surface area contributed by atoms with Crippen molar-refractivity contribution < 1.29 is 24.1 Å². The SMILES string of the molecule is COc1cc(CN2CCOCC(O)(COc3ccc(C)cc3)C2)ccc1OCCn1ccnc1. The smallest absolute Gasteiger partial charge is 0.161 e. The van der Waals surface area contributed by atoms with Gasteiger partial charge in [-0.25, -0.2) is 4.98 Å². The lowest BCUT2D eigenvalue weighted by atomic mass is 10.1. The zero-order valence-corrected chi connectivity index (χ0v) is 19.9. The molecule has 1 aliphatic heterocycles. The molecular formula is C26H33N3O5. The van der Waals surface area contributed by atoms with Gasteiger partial charge < -0.3 is 28.6 Å². The molecule has 1 aromatic heterocycles. The van der Waals surface area contributed by atoms with Gasteiger partial charge in [0.1, 0.15) is 24.6 Å². The molecule has 182 valence electrons. The lowest BCUT2D eigenvalue weighted by molar-refractivity contribution is -0.0646. The van der Waals surface area contributed by atoms with Gasteiger partial charge in [0.2, 0.25) is 0 Å². The molecule has 3 aromatic rings. The van der Waals surface area contributed by atoms with Crippen LogP contribution in [0.15, 0.2) is 61.2 Å². The van der Waals surface area contributed by atoms with Crippen LogP contribution in [0.25, 0.3) is 0 Å². The molecule has 1 fully saturated rings. The molecule has 8 heteroatoms. The first-order valence-electron chi connectivity index (χ1n) is 11.5. The maximum absolute atomic E-state index is 11.2. The maximum Gasteiger partial charge on any atom is 0.161 e. The highest BCUT2D eigenvalue weighted by Gasteiger charge is 2.33. The number of nitrogens with zero attached hydrogens (tertiary/aromatic N) is 3. The second-order valence-corrected chi connectivity index (χ2v) is 8.72. The van der Waals surface area contributed by atoms with E-state index in [2.05, 4.69) is 9.88 Å². The van der Waals surface area contributed by atoms with Crippen LogP contribution in [0.1, 0.15) is 11.1 Å². The number of aromatic nitrogens is 2. The molecule has 1 N–H and O–H groups in total. The number of methoxy groups -OCH3 is 1. The molecule has 1 unspecified atom stereocenters. The Morgan fingerprint density at radius 2 is 1.97 bits per heavy atom. The lowest BCUT2D eigenvalue weighted by Crippen LogP contribution is -2.48. The van der Waals surface area contributed by atoms with Crippen LogP contribution in [0.3, 0.4) is 0 Å². The molecule has 0 bridgehead atoms. The first-order chi connectivity index (χ1) is 16.5. The quantitative estimate of drug-likeness (QED) is 0.491. The molecule has 2 heterocycles. The molecule has 34 heavy (non-hydrogen) atoms. The number of imidazole rings is 1. The summed E-state index contributed by atoms with van der Waals surface area (Å²) in [6.07, 6.45) is 5.42. The largest absolute Gasteiger partial charge is 0.493 e. The fourth-order valence-corrected chi connectivity index (χ4v) is 3.94. The standard InChI is InChI=1S/C26H33N3O5/c1-21-3-6-23(7-4-21)34-19-26(30)17-29(11-13-32-18-26)16-22-5-8-24(25(15-22)31-2)33-14-12-28-10-9-27-20-28/h3-10,15,20,30H,11-14,16-19H2,1-2H3. The number of aliphatic hydroxyl groups is 1. The van der Waals surface area contributed by atoms with E-state index in [4.69, 9.17) is 18.9 Å². The zero-order chi connectivity index (χ0) is 23.8. The van der Waals surface area contributed by atoms with E-state index in [0.717, 1.165) is 17.9 Å². The topological polar surface area (TPSA) is 78.2 Å². The number of hydrogen-bond donors (Lipinski definition) is 1. The fourth-order valence-electron chi connectivity index (χ4n) is 3.94. The predicted molar refractivity (Wildman–Crippen MR) is 128 cm³/mol. The van der Waals surface area contributed by atoms with Crippen molar-refractivity contribution >= 4 is 0 Å². The summed E-state index contributed by atoms with van der Waals surface area (Å²) >= 11 is 0. The molecule has 0 spiro atoms. The lowest BCUT2D eigenvalue weighted by Gasteiger charge is -2.30. The number of rotatable bonds is 10. The second-order valence-electron chi connectivity index (χ2n) is 8.72. The van der Waals surface area contributed by atoms with Crippen LogP contribution < -0.4 is 14.2 Å². The third-order valence-corrected chi connectivity index (χ3v) is 5.77. The number of β-amino-alcohol motifs (C(OH)–C–C–N with tert-alkyl or cyclic N) is 1. The van der Waals surface area contributed by atoms with Gasteiger partial charge in [-0.1, -0.05) is 23.8 Å². The van der Waals surface area contributed by atoms with Gasteiger partial charge in [0.25, 0.3) is 0 Å². The first-order valence-corrected chi connectivity index (χ1v) is 11.5. The Hall–Kier alpha value is -3.07. The average Bonchev–Trinajstić information content (AvgIpc) is 3.29. The van der Waals surface area contributed by atoms with E-state index in [1.54, 1.807) is 19.6 Å². The third-order valence-electron chi connectivity index (χ3n) is 5.77. The van der Waals surface area contributed by atoms with Gasteiger partial charge in [-0.3, -0.25) is 4.90 Å². The first kappa shape index (κ1) is 24.1. The summed E-state index contributed by atoms with van der Waals surface area (Å²) in [6, 6.07) is 13.8. The summed E-state index contributed by atoms with van der Waals surface area (Å²) in [5, 5.41) is 11.2. The van der Waals surface area contributed by atoms with Gasteiger partial charge in [0, 0.05) is 32.0 Å².